The van der Waals surface area contributed by atoms with Crippen LogP contribution in [0.1, 0.15) is 10.4 Å². The molecule has 5 rings (SSSR count). The van der Waals surface area contributed by atoms with Crippen molar-refractivity contribution in [3.63, 3.8) is 0 Å². The highest BCUT2D eigenvalue weighted by Crippen LogP contribution is 2.26. The van der Waals surface area contributed by atoms with Gasteiger partial charge in [-0.3, -0.25) is 4.79 Å². The Morgan fingerprint density at radius 1 is 1.00 bits per heavy atom. The number of carbonyl (C=O) groups is 1. The number of benzene rings is 2. The summed E-state index contributed by atoms with van der Waals surface area (Å²) in [5, 5.41) is 16.6. The third-order valence-corrected chi connectivity index (χ3v) is 4.15. The molecule has 0 saturated carbocycles. The molecular formula is C17H12ClN7O. The zero-order chi connectivity index (χ0) is 16.8. The van der Waals surface area contributed by atoms with E-state index in [1.54, 1.807) is 0 Å². The summed E-state index contributed by atoms with van der Waals surface area (Å²) < 4.78 is 3.15. The number of hydrogen-bond acceptors (Lipinski definition) is 6. The van der Waals surface area contributed by atoms with Crippen LogP contribution in [0.3, 0.4) is 0 Å². The van der Waals surface area contributed by atoms with Gasteiger partial charge in [-0.2, -0.15) is 4.98 Å². The number of tetrazole rings is 1. The second kappa shape index (κ2) is 6.16. The number of rotatable bonds is 3. The van der Waals surface area contributed by atoms with Crippen LogP contribution >= 0.6 is 12.4 Å². The first-order valence-corrected chi connectivity index (χ1v) is 7.73. The van der Waals surface area contributed by atoms with Crippen LogP contribution in [0.25, 0.3) is 27.8 Å². The van der Waals surface area contributed by atoms with E-state index >= 15 is 0 Å². The summed E-state index contributed by atoms with van der Waals surface area (Å²) in [5.41, 5.74) is 2.80. The monoisotopic (exact) mass is 365 g/mol. The van der Waals surface area contributed by atoms with E-state index in [4.69, 9.17) is 0 Å². The Bertz CT molecular complexity index is 1250. The molecule has 0 aliphatic heterocycles. The number of carbonyl (C=O) groups excluding carboxylic acids is 1. The van der Waals surface area contributed by atoms with Crippen molar-refractivity contribution in [2.24, 2.45) is 0 Å². The van der Waals surface area contributed by atoms with Crippen molar-refractivity contribution in [1.82, 2.24) is 34.8 Å². The second-order valence-electron chi connectivity index (χ2n) is 5.64. The predicted molar refractivity (Wildman–Crippen MR) is 97.4 cm³/mol. The molecule has 0 spiro atoms. The van der Waals surface area contributed by atoms with Crippen molar-refractivity contribution in [3.8, 4) is 0 Å². The largest absolute Gasteiger partial charge is 0.316 e. The van der Waals surface area contributed by atoms with Gasteiger partial charge in [-0.25, -0.2) is 0 Å². The maximum atomic E-state index is 12.7. The van der Waals surface area contributed by atoms with Crippen LogP contribution in [-0.2, 0) is 6.54 Å². The van der Waals surface area contributed by atoms with Gasteiger partial charge in [0.25, 0.3) is 5.78 Å². The highest BCUT2D eigenvalue weighted by molar-refractivity contribution is 6.06. The fourth-order valence-corrected chi connectivity index (χ4v) is 3.00. The van der Waals surface area contributed by atoms with Crippen LogP contribution in [0.2, 0.25) is 0 Å². The molecule has 9 heteroatoms. The summed E-state index contributed by atoms with van der Waals surface area (Å²) in [6, 6.07) is 17.0. The Morgan fingerprint density at radius 2 is 1.77 bits per heavy atom. The third kappa shape index (κ3) is 2.39. The van der Waals surface area contributed by atoms with Gasteiger partial charge in [0.15, 0.2) is 11.4 Å². The zero-order valence-corrected chi connectivity index (χ0v) is 14.2. The van der Waals surface area contributed by atoms with Crippen LogP contribution in [0.15, 0.2) is 54.6 Å². The number of ketones is 1. The summed E-state index contributed by atoms with van der Waals surface area (Å²) in [7, 11) is 0. The van der Waals surface area contributed by atoms with Gasteiger partial charge in [0.05, 0.1) is 12.1 Å². The second-order valence-corrected chi connectivity index (χ2v) is 5.64. The molecule has 26 heavy (non-hydrogen) atoms. The third-order valence-electron chi connectivity index (χ3n) is 4.15. The van der Waals surface area contributed by atoms with E-state index in [2.05, 4.69) is 25.6 Å². The lowest BCUT2D eigenvalue weighted by molar-refractivity contribution is 0.0974. The maximum Gasteiger partial charge on any atom is 0.293 e. The van der Waals surface area contributed by atoms with Gasteiger partial charge >= 0.3 is 0 Å². The average molecular weight is 366 g/mol. The summed E-state index contributed by atoms with van der Waals surface area (Å²) in [5.74, 6) is 0.299. The van der Waals surface area contributed by atoms with Crippen LogP contribution in [0.4, 0.5) is 0 Å². The zero-order valence-electron chi connectivity index (χ0n) is 13.4. The minimum atomic E-state index is 0. The number of para-hydroxylation sites is 1. The van der Waals surface area contributed by atoms with Crippen molar-refractivity contribution in [3.05, 3.63) is 60.2 Å². The molecule has 3 aromatic heterocycles. The Labute approximate surface area is 152 Å². The van der Waals surface area contributed by atoms with E-state index in [-0.39, 0.29) is 24.7 Å². The molecule has 0 bridgehead atoms. The molecule has 0 radical (unpaired) electrons. The highest BCUT2D eigenvalue weighted by atomic mass is 35.5. The van der Waals surface area contributed by atoms with Crippen LogP contribution < -0.4 is 0 Å². The fraction of sp³-hybridized carbons (Fsp3) is 0.0588. The number of halogens is 1. The van der Waals surface area contributed by atoms with Crippen molar-refractivity contribution in [2.45, 2.75) is 6.54 Å². The molecule has 3 heterocycles. The summed E-state index contributed by atoms with van der Waals surface area (Å²) in [6.45, 7) is 0.167. The molecule has 0 amide bonds. The summed E-state index contributed by atoms with van der Waals surface area (Å²) >= 11 is 0. The van der Waals surface area contributed by atoms with Crippen molar-refractivity contribution in [1.29, 1.82) is 0 Å². The van der Waals surface area contributed by atoms with Crippen LogP contribution in [0, 0.1) is 0 Å². The maximum absolute atomic E-state index is 12.7. The van der Waals surface area contributed by atoms with Crippen molar-refractivity contribution >= 4 is 46.0 Å². The molecule has 0 N–H and O–H groups in total. The SMILES string of the molecule is Cl.O=C(Cn1c2ccccc2c2nn3nnnc3nc21)c1ccccc1. The van der Waals surface area contributed by atoms with E-state index in [9.17, 15) is 4.79 Å². The number of hydrogen-bond donors (Lipinski definition) is 0. The lowest BCUT2D eigenvalue weighted by atomic mass is 10.1. The predicted octanol–water partition coefficient (Wildman–Crippen LogP) is 2.33. The lowest BCUT2D eigenvalue weighted by Gasteiger charge is -2.06. The fourth-order valence-electron chi connectivity index (χ4n) is 3.00. The minimum absolute atomic E-state index is 0. The number of aromatic nitrogens is 7. The normalized spacial score (nSPS) is 11.1. The smallest absolute Gasteiger partial charge is 0.293 e. The van der Waals surface area contributed by atoms with Gasteiger partial charge in [0.1, 0.15) is 5.52 Å². The molecular weight excluding hydrogens is 354 g/mol. The van der Waals surface area contributed by atoms with Gasteiger partial charge in [0, 0.05) is 10.9 Å². The van der Waals surface area contributed by atoms with Gasteiger partial charge in [-0.05, 0) is 16.5 Å². The molecule has 5 aromatic rings. The lowest BCUT2D eigenvalue weighted by Crippen LogP contribution is -2.11. The molecule has 2 aromatic carbocycles. The standard InChI is InChI=1S/C17H11N7O.ClH/c25-14(11-6-2-1-3-7-11)10-23-13-9-5-4-8-12(13)15-16(23)18-17-19-21-22-24(17)20-15;/h1-9H,10H2;1H. The molecule has 8 nitrogen and oxygen atoms in total. The molecule has 0 aliphatic rings. The Balaban J connectivity index is 0.00000168. The minimum Gasteiger partial charge on any atom is -0.316 e. The van der Waals surface area contributed by atoms with Crippen LogP contribution in [-0.4, -0.2) is 40.6 Å². The number of nitrogens with zero attached hydrogens (tertiary/aromatic N) is 7. The Kier molecular flexibility index (Phi) is 3.81. The van der Waals surface area contributed by atoms with Crippen molar-refractivity contribution in [2.75, 3.05) is 0 Å². The molecule has 0 unspecified atom stereocenters. The van der Waals surface area contributed by atoms with E-state index in [0.717, 1.165) is 10.9 Å². The van der Waals surface area contributed by atoms with Crippen LogP contribution in [0.5, 0.6) is 0 Å². The van der Waals surface area contributed by atoms with Gasteiger partial charge in [-0.15, -0.1) is 17.5 Å². The van der Waals surface area contributed by atoms with Gasteiger partial charge in [-0.1, -0.05) is 58.3 Å². The molecule has 0 aliphatic carbocycles. The van der Waals surface area contributed by atoms with Gasteiger partial charge < -0.3 is 4.57 Å². The first-order valence-electron chi connectivity index (χ1n) is 7.73. The summed E-state index contributed by atoms with van der Waals surface area (Å²) in [4.78, 5) is 17.2. The van der Waals surface area contributed by atoms with E-state index < -0.39 is 0 Å². The van der Waals surface area contributed by atoms with E-state index in [1.165, 1.54) is 4.63 Å². The summed E-state index contributed by atoms with van der Waals surface area (Å²) in [6.07, 6.45) is 0. The first-order chi connectivity index (χ1) is 12.3. The van der Waals surface area contributed by atoms with Crippen molar-refractivity contribution < 1.29 is 4.79 Å². The van der Waals surface area contributed by atoms with E-state index in [1.807, 2.05) is 59.2 Å². The first kappa shape index (κ1) is 16.1. The molecule has 0 atom stereocenters. The van der Waals surface area contributed by atoms with E-state index in [0.29, 0.717) is 22.5 Å². The Morgan fingerprint density at radius 3 is 2.62 bits per heavy atom. The average Bonchev–Trinajstić information content (AvgIpc) is 3.24. The molecule has 0 fully saturated rings. The number of Topliss-reactive ketones (excluding diaryl/α,β-unsaturated/α-hetero) is 1. The topological polar surface area (TPSA) is 90.9 Å². The number of fused-ring (bicyclic) bond motifs is 4. The highest BCUT2D eigenvalue weighted by Gasteiger charge is 2.18. The molecule has 128 valence electrons. The molecule has 0 saturated heterocycles. The quantitative estimate of drug-likeness (QED) is 0.456. The van der Waals surface area contributed by atoms with Gasteiger partial charge in [0.2, 0.25) is 0 Å². The Hall–Kier alpha value is -3.39.